The van der Waals surface area contributed by atoms with E-state index in [0.717, 1.165) is 23.8 Å². The van der Waals surface area contributed by atoms with Crippen molar-refractivity contribution in [3.8, 4) is 0 Å². The van der Waals surface area contributed by atoms with Crippen molar-refractivity contribution in [2.45, 2.75) is 44.7 Å². The normalized spacial score (nSPS) is 31.1. The lowest BCUT2D eigenvalue weighted by Crippen LogP contribution is -3.20. The van der Waals surface area contributed by atoms with Crippen molar-refractivity contribution in [3.05, 3.63) is 83.9 Å². The summed E-state index contributed by atoms with van der Waals surface area (Å²) in [6.45, 7) is 6.61. The first-order valence-corrected chi connectivity index (χ1v) is 12.3. The summed E-state index contributed by atoms with van der Waals surface area (Å²) in [5.41, 5.74) is 2.97. The van der Waals surface area contributed by atoms with E-state index in [1.165, 1.54) is 76.0 Å². The van der Waals surface area contributed by atoms with Crippen molar-refractivity contribution in [1.82, 2.24) is 0 Å². The quantitative estimate of drug-likeness (QED) is 0.628. The highest BCUT2D eigenvalue weighted by molar-refractivity contribution is 5.15. The number of likely N-dealkylation sites (tertiary alicyclic amines) is 1. The molecule has 2 heteroatoms. The van der Waals surface area contributed by atoms with Crippen LogP contribution in [0.25, 0.3) is 0 Å². The van der Waals surface area contributed by atoms with Crippen molar-refractivity contribution in [2.75, 3.05) is 26.2 Å². The van der Waals surface area contributed by atoms with Crippen LogP contribution in [0.4, 0.5) is 0 Å². The van der Waals surface area contributed by atoms with Crippen LogP contribution in [0.1, 0.15) is 36.8 Å². The summed E-state index contributed by atoms with van der Waals surface area (Å²) in [6, 6.07) is 23.0. The van der Waals surface area contributed by atoms with Gasteiger partial charge >= 0.3 is 0 Å². The smallest absolute Gasteiger partial charge is 0.103 e. The molecule has 1 aliphatic heterocycles. The molecule has 2 bridgehead atoms. The number of piperidine rings is 1. The van der Waals surface area contributed by atoms with Gasteiger partial charge in [0.1, 0.15) is 6.54 Å². The third kappa shape index (κ3) is 4.87. The molecule has 2 nitrogen and oxygen atoms in total. The SMILES string of the molecule is C1=C[C@H]2C[C@@H]1C[C@H]2C[NH+]1CCC([NH+](CCc2ccccc2)Cc2ccccc2)CC1. The van der Waals surface area contributed by atoms with Crippen molar-refractivity contribution in [1.29, 1.82) is 0 Å². The first-order chi connectivity index (χ1) is 14.8. The molecule has 4 atom stereocenters. The molecule has 0 amide bonds. The maximum absolute atomic E-state index is 2.53. The Morgan fingerprint density at radius 3 is 2.13 bits per heavy atom. The number of allylic oxidation sites excluding steroid dienone is 2. The minimum atomic E-state index is 0.817. The minimum Gasteiger partial charge on any atom is -0.334 e. The van der Waals surface area contributed by atoms with Crippen molar-refractivity contribution in [3.63, 3.8) is 0 Å². The van der Waals surface area contributed by atoms with Gasteiger partial charge in [0.05, 0.1) is 32.2 Å². The van der Waals surface area contributed by atoms with Crippen molar-refractivity contribution in [2.24, 2.45) is 17.8 Å². The van der Waals surface area contributed by atoms with E-state index < -0.39 is 0 Å². The standard InChI is InChI=1S/C28H36N2/c1-3-7-23(8-4-1)13-18-30(21-24-9-5-2-6-10-24)28-14-16-29(17-15-28)22-27-20-25-11-12-26(27)19-25/h1-12,25-28H,13-22H2/p+2/t25-,26+,27+/m1/s1. The number of rotatable bonds is 8. The molecule has 0 aromatic heterocycles. The molecule has 2 aromatic carbocycles. The first-order valence-electron chi connectivity index (χ1n) is 12.3. The Bertz CT molecular complexity index is 807. The maximum atomic E-state index is 2.53. The number of benzene rings is 2. The zero-order valence-electron chi connectivity index (χ0n) is 18.3. The van der Waals surface area contributed by atoms with E-state index in [2.05, 4.69) is 72.8 Å². The van der Waals surface area contributed by atoms with Gasteiger partial charge in [0.2, 0.25) is 0 Å². The van der Waals surface area contributed by atoms with Crippen LogP contribution in [-0.2, 0) is 13.0 Å². The summed E-state index contributed by atoms with van der Waals surface area (Å²) in [6.07, 6.45) is 11.9. The summed E-state index contributed by atoms with van der Waals surface area (Å²) in [5, 5.41) is 0. The maximum Gasteiger partial charge on any atom is 0.103 e. The highest BCUT2D eigenvalue weighted by Gasteiger charge is 2.39. The third-order valence-corrected chi connectivity index (χ3v) is 8.09. The summed E-state index contributed by atoms with van der Waals surface area (Å²) in [4.78, 5) is 3.69. The van der Waals surface area contributed by atoms with E-state index in [9.17, 15) is 0 Å². The zero-order chi connectivity index (χ0) is 20.2. The van der Waals surface area contributed by atoms with E-state index in [1.54, 1.807) is 4.90 Å². The van der Waals surface area contributed by atoms with Crippen LogP contribution >= 0.6 is 0 Å². The summed E-state index contributed by atoms with van der Waals surface area (Å²) in [7, 11) is 0. The Balaban J connectivity index is 1.18. The van der Waals surface area contributed by atoms with Gasteiger partial charge in [-0.15, -0.1) is 0 Å². The van der Waals surface area contributed by atoms with E-state index in [0.29, 0.717) is 0 Å². The second kappa shape index (κ2) is 9.49. The molecule has 1 saturated heterocycles. The van der Waals surface area contributed by atoms with E-state index in [4.69, 9.17) is 0 Å². The van der Waals surface area contributed by atoms with E-state index in [1.807, 2.05) is 4.90 Å². The topological polar surface area (TPSA) is 8.88 Å². The second-order valence-corrected chi connectivity index (χ2v) is 10.1. The fourth-order valence-corrected chi connectivity index (χ4v) is 6.38. The molecule has 1 unspecified atom stereocenters. The van der Waals surface area contributed by atoms with Gasteiger partial charge in [-0.05, 0) is 30.2 Å². The molecule has 30 heavy (non-hydrogen) atoms. The molecule has 5 rings (SSSR count). The van der Waals surface area contributed by atoms with Crippen LogP contribution in [0.5, 0.6) is 0 Å². The predicted molar refractivity (Wildman–Crippen MR) is 124 cm³/mol. The van der Waals surface area contributed by atoms with Gasteiger partial charge in [0.25, 0.3) is 0 Å². The average molecular weight is 403 g/mol. The van der Waals surface area contributed by atoms with Gasteiger partial charge in [-0.1, -0.05) is 72.8 Å². The Kier molecular flexibility index (Phi) is 6.34. The van der Waals surface area contributed by atoms with Gasteiger partial charge in [0.15, 0.2) is 0 Å². The van der Waals surface area contributed by atoms with Gasteiger partial charge < -0.3 is 9.80 Å². The highest BCUT2D eigenvalue weighted by Crippen LogP contribution is 2.42. The van der Waals surface area contributed by atoms with Crippen LogP contribution in [-0.4, -0.2) is 32.2 Å². The van der Waals surface area contributed by atoms with Crippen molar-refractivity contribution >= 4 is 0 Å². The predicted octanol–water partition coefficient (Wildman–Crippen LogP) is 2.57. The fraction of sp³-hybridized carbons (Fsp3) is 0.500. The summed E-state index contributed by atoms with van der Waals surface area (Å²) < 4.78 is 0. The highest BCUT2D eigenvalue weighted by atomic mass is 15.2. The lowest BCUT2D eigenvalue weighted by atomic mass is 9.92. The van der Waals surface area contributed by atoms with Crippen LogP contribution < -0.4 is 9.80 Å². The molecule has 2 fully saturated rings. The third-order valence-electron chi connectivity index (χ3n) is 8.09. The molecular weight excluding hydrogens is 364 g/mol. The molecule has 0 radical (unpaired) electrons. The summed E-state index contributed by atoms with van der Waals surface area (Å²) in [5.74, 6) is 2.80. The minimum absolute atomic E-state index is 0.817. The molecule has 1 heterocycles. The number of nitrogens with one attached hydrogen (secondary N) is 2. The second-order valence-electron chi connectivity index (χ2n) is 10.1. The lowest BCUT2D eigenvalue weighted by molar-refractivity contribution is -0.967. The van der Waals surface area contributed by atoms with Crippen molar-refractivity contribution < 1.29 is 9.80 Å². The molecule has 1 saturated carbocycles. The number of fused-ring (bicyclic) bond motifs is 2. The molecule has 3 aliphatic rings. The van der Waals surface area contributed by atoms with Crippen LogP contribution in [0, 0.1) is 17.8 Å². The number of hydrogen-bond acceptors (Lipinski definition) is 0. The first kappa shape index (κ1) is 20.0. The van der Waals surface area contributed by atoms with Crippen LogP contribution in [0.15, 0.2) is 72.8 Å². The monoisotopic (exact) mass is 402 g/mol. The fourth-order valence-electron chi connectivity index (χ4n) is 6.38. The largest absolute Gasteiger partial charge is 0.334 e. The molecule has 2 aromatic rings. The van der Waals surface area contributed by atoms with Gasteiger partial charge in [-0.2, -0.15) is 0 Å². The Labute approximate surface area is 182 Å². The molecule has 2 aliphatic carbocycles. The van der Waals surface area contributed by atoms with E-state index in [-0.39, 0.29) is 0 Å². The van der Waals surface area contributed by atoms with Gasteiger partial charge in [-0.3, -0.25) is 0 Å². The zero-order valence-corrected chi connectivity index (χ0v) is 18.3. The Morgan fingerprint density at radius 2 is 1.50 bits per heavy atom. The van der Waals surface area contributed by atoms with Crippen LogP contribution in [0.3, 0.4) is 0 Å². The Hall–Kier alpha value is -1.90. The average Bonchev–Trinajstić information content (AvgIpc) is 3.42. The summed E-state index contributed by atoms with van der Waals surface area (Å²) >= 11 is 0. The van der Waals surface area contributed by atoms with E-state index >= 15 is 0 Å². The molecule has 158 valence electrons. The Morgan fingerprint density at radius 1 is 0.800 bits per heavy atom. The number of hydrogen-bond donors (Lipinski definition) is 2. The molecule has 2 N–H and O–H groups in total. The molecular formula is C28H38N2+2. The van der Waals surface area contributed by atoms with Gasteiger partial charge in [-0.25, -0.2) is 0 Å². The number of quaternary nitrogens is 2. The van der Waals surface area contributed by atoms with Gasteiger partial charge in [0, 0.05) is 30.7 Å². The molecule has 0 spiro atoms. The lowest BCUT2D eigenvalue weighted by Gasteiger charge is -2.36. The van der Waals surface area contributed by atoms with Crippen LogP contribution in [0.2, 0.25) is 0 Å².